The molecule has 2 rings (SSSR count). The number of carboxylic acids is 1. The minimum Gasteiger partial charge on any atom is -0.496 e. The van der Waals surface area contributed by atoms with Gasteiger partial charge in [0.15, 0.2) is 5.78 Å². The molecule has 5 heteroatoms. The Balaban J connectivity index is 2.22. The summed E-state index contributed by atoms with van der Waals surface area (Å²) in [5.41, 5.74) is 0.444. The van der Waals surface area contributed by atoms with Gasteiger partial charge in [-0.1, -0.05) is 0 Å². The van der Waals surface area contributed by atoms with E-state index in [0.717, 1.165) is 25.9 Å². The third kappa shape index (κ3) is 3.12. The van der Waals surface area contributed by atoms with Gasteiger partial charge in [0.1, 0.15) is 5.75 Å². The number of ether oxygens (including phenoxy) is 1. The van der Waals surface area contributed by atoms with E-state index >= 15 is 0 Å². The van der Waals surface area contributed by atoms with E-state index in [1.165, 1.54) is 25.3 Å². The number of carbonyl (C=O) groups is 2. The summed E-state index contributed by atoms with van der Waals surface area (Å²) in [6.45, 7) is 2.17. The molecule has 0 radical (unpaired) electrons. The van der Waals surface area contributed by atoms with Crippen LogP contribution in [-0.2, 0) is 0 Å². The minimum atomic E-state index is -1.04. The average Bonchev–Trinajstić information content (AvgIpc) is 2.90. The number of likely N-dealkylation sites (tertiary alicyclic amines) is 1. The lowest BCUT2D eigenvalue weighted by Crippen LogP contribution is -2.27. The first-order valence-corrected chi connectivity index (χ1v) is 6.28. The number of nitrogens with zero attached hydrogens (tertiary/aromatic N) is 1. The van der Waals surface area contributed by atoms with E-state index in [9.17, 15) is 9.59 Å². The molecule has 0 amide bonds. The van der Waals surface area contributed by atoms with Crippen LogP contribution in [0.25, 0.3) is 0 Å². The molecule has 0 aromatic heterocycles. The van der Waals surface area contributed by atoms with Gasteiger partial charge in [0.25, 0.3) is 0 Å². The van der Waals surface area contributed by atoms with E-state index in [-0.39, 0.29) is 11.3 Å². The van der Waals surface area contributed by atoms with Gasteiger partial charge in [0.2, 0.25) is 0 Å². The molecule has 1 aliphatic rings. The van der Waals surface area contributed by atoms with Gasteiger partial charge in [0, 0.05) is 0 Å². The Hall–Kier alpha value is -1.88. The maximum Gasteiger partial charge on any atom is 0.335 e. The number of carboxylic acid groups (broad SMARTS) is 1. The Morgan fingerprint density at radius 3 is 2.58 bits per heavy atom. The number of methoxy groups -OCH3 is 1. The summed E-state index contributed by atoms with van der Waals surface area (Å²) in [6, 6.07) is 4.36. The molecular weight excluding hydrogens is 246 g/mol. The lowest BCUT2D eigenvalue weighted by Gasteiger charge is -2.15. The van der Waals surface area contributed by atoms with Crippen LogP contribution < -0.4 is 4.74 Å². The SMILES string of the molecule is COc1ccc(C(=O)O)cc1C(=O)CN1CCCC1. The Morgan fingerprint density at radius 1 is 1.32 bits per heavy atom. The lowest BCUT2D eigenvalue weighted by atomic mass is 10.1. The van der Waals surface area contributed by atoms with Crippen LogP contribution in [0.4, 0.5) is 0 Å². The molecule has 1 aromatic rings. The Morgan fingerprint density at radius 2 is 2.00 bits per heavy atom. The van der Waals surface area contributed by atoms with Crippen molar-refractivity contribution >= 4 is 11.8 Å². The summed E-state index contributed by atoms with van der Waals surface area (Å²) in [5, 5.41) is 8.98. The lowest BCUT2D eigenvalue weighted by molar-refractivity contribution is 0.0697. The van der Waals surface area contributed by atoms with Crippen molar-refractivity contribution in [2.45, 2.75) is 12.8 Å². The molecule has 0 atom stereocenters. The zero-order chi connectivity index (χ0) is 13.8. The first-order valence-electron chi connectivity index (χ1n) is 6.28. The second-order valence-electron chi connectivity index (χ2n) is 4.63. The van der Waals surface area contributed by atoms with Gasteiger partial charge in [0.05, 0.1) is 24.8 Å². The van der Waals surface area contributed by atoms with Gasteiger partial charge in [-0.25, -0.2) is 4.79 Å². The van der Waals surface area contributed by atoms with Crippen LogP contribution in [0.1, 0.15) is 33.6 Å². The number of hydrogen-bond acceptors (Lipinski definition) is 4. The fraction of sp³-hybridized carbons (Fsp3) is 0.429. The smallest absolute Gasteiger partial charge is 0.335 e. The van der Waals surface area contributed by atoms with Crippen LogP contribution in [0.3, 0.4) is 0 Å². The maximum atomic E-state index is 12.2. The maximum absolute atomic E-state index is 12.2. The quantitative estimate of drug-likeness (QED) is 0.818. The van der Waals surface area contributed by atoms with E-state index in [4.69, 9.17) is 9.84 Å². The Bertz CT molecular complexity index is 492. The first kappa shape index (κ1) is 13.5. The van der Waals surface area contributed by atoms with E-state index < -0.39 is 5.97 Å². The zero-order valence-electron chi connectivity index (χ0n) is 10.9. The highest BCUT2D eigenvalue weighted by Gasteiger charge is 2.20. The van der Waals surface area contributed by atoms with E-state index in [2.05, 4.69) is 4.90 Å². The molecule has 0 spiro atoms. The van der Waals surface area contributed by atoms with Crippen LogP contribution in [0.5, 0.6) is 5.75 Å². The molecule has 1 fully saturated rings. The van der Waals surface area contributed by atoms with E-state index in [1.54, 1.807) is 0 Å². The fourth-order valence-corrected chi connectivity index (χ4v) is 2.29. The molecule has 1 aliphatic heterocycles. The topological polar surface area (TPSA) is 66.8 Å². The highest BCUT2D eigenvalue weighted by Crippen LogP contribution is 2.21. The standard InChI is InChI=1S/C14H17NO4/c1-19-13-5-4-10(14(17)18)8-11(13)12(16)9-15-6-2-3-7-15/h4-5,8H,2-3,6-7,9H2,1H3,(H,17,18). The number of benzene rings is 1. The van der Waals surface area contributed by atoms with Gasteiger partial charge >= 0.3 is 5.97 Å². The summed E-state index contributed by atoms with van der Waals surface area (Å²) in [5.74, 6) is -0.714. The fourth-order valence-electron chi connectivity index (χ4n) is 2.29. The molecule has 102 valence electrons. The van der Waals surface area contributed by atoms with E-state index in [0.29, 0.717) is 17.9 Å². The number of aromatic carboxylic acids is 1. The molecule has 0 aliphatic carbocycles. The van der Waals surface area contributed by atoms with Crippen molar-refractivity contribution in [2.75, 3.05) is 26.7 Å². The largest absolute Gasteiger partial charge is 0.496 e. The molecular formula is C14H17NO4. The predicted molar refractivity (Wildman–Crippen MR) is 70.0 cm³/mol. The van der Waals surface area contributed by atoms with Crippen molar-refractivity contribution in [3.05, 3.63) is 29.3 Å². The molecule has 1 heterocycles. The van der Waals surface area contributed by atoms with Gasteiger partial charge in [-0.2, -0.15) is 0 Å². The molecule has 1 aromatic carbocycles. The molecule has 19 heavy (non-hydrogen) atoms. The van der Waals surface area contributed by atoms with Gasteiger partial charge in [-0.3, -0.25) is 9.69 Å². The predicted octanol–water partition coefficient (Wildman–Crippen LogP) is 1.67. The zero-order valence-corrected chi connectivity index (χ0v) is 10.9. The second-order valence-corrected chi connectivity index (χ2v) is 4.63. The van der Waals surface area contributed by atoms with Crippen LogP contribution in [-0.4, -0.2) is 48.5 Å². The van der Waals surface area contributed by atoms with Crippen LogP contribution in [0.15, 0.2) is 18.2 Å². The van der Waals surface area contributed by atoms with Crippen molar-refractivity contribution in [1.82, 2.24) is 4.90 Å². The molecule has 0 unspecified atom stereocenters. The van der Waals surface area contributed by atoms with Crippen molar-refractivity contribution < 1.29 is 19.4 Å². The highest BCUT2D eigenvalue weighted by atomic mass is 16.5. The van der Waals surface area contributed by atoms with Gasteiger partial charge in [-0.15, -0.1) is 0 Å². The molecule has 0 saturated carbocycles. The number of ketones is 1. The summed E-state index contributed by atoms with van der Waals surface area (Å²) < 4.78 is 5.13. The van der Waals surface area contributed by atoms with Crippen LogP contribution in [0, 0.1) is 0 Å². The van der Waals surface area contributed by atoms with Crippen LogP contribution >= 0.6 is 0 Å². The number of Topliss-reactive ketones (excluding diaryl/α,β-unsaturated/α-hetero) is 1. The molecule has 5 nitrogen and oxygen atoms in total. The molecule has 1 N–H and O–H groups in total. The number of carbonyl (C=O) groups excluding carboxylic acids is 1. The number of rotatable bonds is 5. The van der Waals surface area contributed by atoms with Crippen molar-refractivity contribution in [1.29, 1.82) is 0 Å². The monoisotopic (exact) mass is 263 g/mol. The highest BCUT2D eigenvalue weighted by molar-refractivity contribution is 6.02. The third-order valence-electron chi connectivity index (χ3n) is 3.31. The molecule has 0 bridgehead atoms. The van der Waals surface area contributed by atoms with Gasteiger partial charge < -0.3 is 9.84 Å². The van der Waals surface area contributed by atoms with Crippen molar-refractivity contribution in [3.8, 4) is 5.75 Å². The molecule has 1 saturated heterocycles. The average molecular weight is 263 g/mol. The minimum absolute atomic E-state index is 0.0955. The summed E-state index contributed by atoms with van der Waals surface area (Å²) >= 11 is 0. The summed E-state index contributed by atoms with van der Waals surface area (Å²) in [7, 11) is 1.47. The van der Waals surface area contributed by atoms with Crippen molar-refractivity contribution in [3.63, 3.8) is 0 Å². The Kier molecular flexibility index (Phi) is 4.16. The Labute approximate surface area is 111 Å². The third-order valence-corrected chi connectivity index (χ3v) is 3.31. The van der Waals surface area contributed by atoms with Gasteiger partial charge in [-0.05, 0) is 44.1 Å². The summed E-state index contributed by atoms with van der Waals surface area (Å²) in [6.07, 6.45) is 2.22. The number of hydrogen-bond donors (Lipinski definition) is 1. The van der Waals surface area contributed by atoms with E-state index in [1.807, 2.05) is 0 Å². The normalized spacial score (nSPS) is 15.4. The van der Waals surface area contributed by atoms with Crippen LogP contribution in [0.2, 0.25) is 0 Å². The second kappa shape index (κ2) is 5.84. The first-order chi connectivity index (χ1) is 9.11. The van der Waals surface area contributed by atoms with Crippen molar-refractivity contribution in [2.24, 2.45) is 0 Å². The summed E-state index contributed by atoms with van der Waals surface area (Å²) in [4.78, 5) is 25.3.